The summed E-state index contributed by atoms with van der Waals surface area (Å²) in [5.74, 6) is -0.356. The van der Waals surface area contributed by atoms with Crippen LogP contribution >= 0.6 is 0 Å². The summed E-state index contributed by atoms with van der Waals surface area (Å²) in [7, 11) is 0. The first-order chi connectivity index (χ1) is 14.2. The Morgan fingerprint density at radius 3 is 2.07 bits per heavy atom. The Bertz CT molecular complexity index is 953. The molecular weight excluding hydrogens is 364 g/mol. The maximum atomic E-state index is 12.5. The van der Waals surface area contributed by atoms with Crippen LogP contribution in [0, 0.1) is 0 Å². The van der Waals surface area contributed by atoms with E-state index in [2.05, 4.69) is 10.6 Å². The first-order valence-electron chi connectivity index (χ1n) is 9.56. The molecule has 5 heteroatoms. The van der Waals surface area contributed by atoms with Gasteiger partial charge in [-0.15, -0.1) is 0 Å². The van der Waals surface area contributed by atoms with Gasteiger partial charge in [-0.2, -0.15) is 0 Å². The second kappa shape index (κ2) is 10.2. The van der Waals surface area contributed by atoms with Crippen molar-refractivity contribution in [2.24, 2.45) is 0 Å². The second-order valence-corrected chi connectivity index (χ2v) is 6.49. The van der Waals surface area contributed by atoms with Crippen molar-refractivity contribution >= 4 is 17.5 Å². The molecule has 0 bridgehead atoms. The first kappa shape index (κ1) is 20.3. The smallest absolute Gasteiger partial charge is 0.255 e. The van der Waals surface area contributed by atoms with Gasteiger partial charge in [-0.05, 0) is 54.4 Å². The lowest BCUT2D eigenvalue weighted by Crippen LogP contribution is -2.23. The van der Waals surface area contributed by atoms with Crippen LogP contribution in [0.25, 0.3) is 0 Å². The highest BCUT2D eigenvalue weighted by Gasteiger charge is 2.09. The number of hydrogen-bond donors (Lipinski definition) is 2. The fraction of sp³-hybridized carbons (Fsp3) is 0.167. The number of rotatable bonds is 8. The second-order valence-electron chi connectivity index (χ2n) is 6.49. The van der Waals surface area contributed by atoms with E-state index in [9.17, 15) is 9.59 Å². The normalized spacial score (nSPS) is 10.4. The molecule has 0 saturated heterocycles. The highest BCUT2D eigenvalue weighted by atomic mass is 16.5. The summed E-state index contributed by atoms with van der Waals surface area (Å²) in [5.41, 5.74) is 3.84. The van der Waals surface area contributed by atoms with Crippen molar-refractivity contribution in [3.8, 4) is 0 Å². The molecule has 0 aliphatic heterocycles. The molecule has 29 heavy (non-hydrogen) atoms. The van der Waals surface area contributed by atoms with Gasteiger partial charge >= 0.3 is 0 Å². The lowest BCUT2D eigenvalue weighted by atomic mass is 10.1. The van der Waals surface area contributed by atoms with E-state index >= 15 is 0 Å². The van der Waals surface area contributed by atoms with E-state index in [0.717, 1.165) is 11.1 Å². The zero-order valence-electron chi connectivity index (χ0n) is 16.4. The van der Waals surface area contributed by atoms with E-state index in [0.29, 0.717) is 36.6 Å². The molecule has 2 amide bonds. The number of carbonyl (C=O) groups is 2. The van der Waals surface area contributed by atoms with Gasteiger partial charge in [-0.3, -0.25) is 9.59 Å². The van der Waals surface area contributed by atoms with Gasteiger partial charge in [-0.25, -0.2) is 0 Å². The van der Waals surface area contributed by atoms with Gasteiger partial charge in [0.05, 0.1) is 6.61 Å². The molecule has 0 saturated carbocycles. The summed E-state index contributed by atoms with van der Waals surface area (Å²) in [5, 5.41) is 5.76. The Kier molecular flexibility index (Phi) is 7.14. The van der Waals surface area contributed by atoms with Crippen LogP contribution < -0.4 is 10.6 Å². The number of hydrogen-bond acceptors (Lipinski definition) is 3. The molecule has 0 aliphatic carbocycles. The molecule has 0 unspecified atom stereocenters. The standard InChI is InChI=1S/C24H24N2O3/c1-2-29-17-21-11-7-6-10-20(21)16-25-23(27)19-12-14-22(15-13-19)26-24(28)18-8-4-3-5-9-18/h3-15H,2,16-17H2,1H3,(H,25,27)(H,26,28). The van der Waals surface area contributed by atoms with Gasteiger partial charge in [-0.1, -0.05) is 42.5 Å². The van der Waals surface area contributed by atoms with Crippen LogP contribution in [0.2, 0.25) is 0 Å². The average Bonchev–Trinajstić information content (AvgIpc) is 2.77. The summed E-state index contributed by atoms with van der Waals surface area (Å²) < 4.78 is 5.48. The lowest BCUT2D eigenvalue weighted by molar-refractivity contribution is 0.0949. The van der Waals surface area contributed by atoms with Crippen LogP contribution in [0.1, 0.15) is 38.8 Å². The quantitative estimate of drug-likeness (QED) is 0.601. The van der Waals surface area contributed by atoms with Crippen LogP contribution in [-0.2, 0) is 17.9 Å². The molecule has 3 rings (SSSR count). The fourth-order valence-corrected chi connectivity index (χ4v) is 2.86. The molecule has 3 aromatic rings. The van der Waals surface area contributed by atoms with Gasteiger partial charge in [0.1, 0.15) is 0 Å². The third kappa shape index (κ3) is 5.77. The zero-order chi connectivity index (χ0) is 20.5. The third-order valence-corrected chi connectivity index (χ3v) is 4.46. The lowest BCUT2D eigenvalue weighted by Gasteiger charge is -2.11. The summed E-state index contributed by atoms with van der Waals surface area (Å²) >= 11 is 0. The van der Waals surface area contributed by atoms with Gasteiger partial charge in [0, 0.05) is 30.0 Å². The van der Waals surface area contributed by atoms with E-state index in [1.54, 1.807) is 36.4 Å². The van der Waals surface area contributed by atoms with Gasteiger partial charge < -0.3 is 15.4 Å². The molecule has 0 fully saturated rings. The van der Waals surface area contributed by atoms with Crippen molar-refractivity contribution in [2.75, 3.05) is 11.9 Å². The van der Waals surface area contributed by atoms with E-state index in [4.69, 9.17) is 4.74 Å². The maximum Gasteiger partial charge on any atom is 0.255 e. The number of amides is 2. The highest BCUT2D eigenvalue weighted by molar-refractivity contribution is 6.04. The molecule has 0 aromatic heterocycles. The Morgan fingerprint density at radius 1 is 0.759 bits per heavy atom. The Hall–Kier alpha value is -3.44. The first-order valence-corrected chi connectivity index (χ1v) is 9.56. The largest absolute Gasteiger partial charge is 0.377 e. The van der Waals surface area contributed by atoms with Crippen LogP contribution in [-0.4, -0.2) is 18.4 Å². The van der Waals surface area contributed by atoms with Crippen LogP contribution in [0.3, 0.4) is 0 Å². The maximum absolute atomic E-state index is 12.5. The minimum Gasteiger partial charge on any atom is -0.377 e. The van der Waals surface area contributed by atoms with Crippen molar-refractivity contribution in [1.29, 1.82) is 0 Å². The van der Waals surface area contributed by atoms with Gasteiger partial charge in [0.15, 0.2) is 0 Å². The monoisotopic (exact) mass is 388 g/mol. The Morgan fingerprint density at radius 2 is 1.38 bits per heavy atom. The molecule has 2 N–H and O–H groups in total. The molecule has 0 spiro atoms. The van der Waals surface area contributed by atoms with E-state index in [1.807, 2.05) is 49.4 Å². The summed E-state index contributed by atoms with van der Waals surface area (Å²) in [6.07, 6.45) is 0. The van der Waals surface area contributed by atoms with Crippen molar-refractivity contribution < 1.29 is 14.3 Å². The highest BCUT2D eigenvalue weighted by Crippen LogP contribution is 2.13. The SMILES string of the molecule is CCOCc1ccccc1CNC(=O)c1ccc(NC(=O)c2ccccc2)cc1. The number of anilines is 1. The molecular formula is C24H24N2O3. The number of ether oxygens (including phenoxy) is 1. The molecule has 3 aromatic carbocycles. The fourth-order valence-electron chi connectivity index (χ4n) is 2.86. The Labute approximate surface area is 170 Å². The summed E-state index contributed by atoms with van der Waals surface area (Å²) in [6.45, 7) is 3.55. The van der Waals surface area contributed by atoms with Gasteiger partial charge in [0.25, 0.3) is 11.8 Å². The third-order valence-electron chi connectivity index (χ3n) is 4.46. The molecule has 0 heterocycles. The van der Waals surface area contributed by atoms with E-state index in [-0.39, 0.29) is 11.8 Å². The molecule has 0 aliphatic rings. The summed E-state index contributed by atoms with van der Waals surface area (Å²) in [4.78, 5) is 24.7. The van der Waals surface area contributed by atoms with Crippen LogP contribution in [0.5, 0.6) is 0 Å². The van der Waals surface area contributed by atoms with Gasteiger partial charge in [0.2, 0.25) is 0 Å². The topological polar surface area (TPSA) is 67.4 Å². The number of nitrogens with one attached hydrogen (secondary N) is 2. The molecule has 0 radical (unpaired) electrons. The predicted octanol–water partition coefficient (Wildman–Crippen LogP) is 4.41. The summed E-state index contributed by atoms with van der Waals surface area (Å²) in [6, 6.07) is 23.7. The molecule has 148 valence electrons. The molecule has 5 nitrogen and oxygen atoms in total. The minimum atomic E-state index is -0.186. The van der Waals surface area contributed by atoms with Crippen molar-refractivity contribution in [3.63, 3.8) is 0 Å². The molecule has 0 atom stereocenters. The van der Waals surface area contributed by atoms with Crippen LogP contribution in [0.4, 0.5) is 5.69 Å². The number of benzene rings is 3. The van der Waals surface area contributed by atoms with E-state index < -0.39 is 0 Å². The predicted molar refractivity (Wildman–Crippen MR) is 114 cm³/mol. The zero-order valence-corrected chi connectivity index (χ0v) is 16.4. The van der Waals surface area contributed by atoms with Crippen LogP contribution in [0.15, 0.2) is 78.9 Å². The van der Waals surface area contributed by atoms with Crippen molar-refractivity contribution in [2.45, 2.75) is 20.1 Å². The average molecular weight is 388 g/mol. The number of carbonyl (C=O) groups excluding carboxylic acids is 2. The Balaban J connectivity index is 1.57. The van der Waals surface area contributed by atoms with Crippen molar-refractivity contribution in [1.82, 2.24) is 5.32 Å². The minimum absolute atomic E-state index is 0.169. The van der Waals surface area contributed by atoms with E-state index in [1.165, 1.54) is 0 Å². The van der Waals surface area contributed by atoms with Crippen molar-refractivity contribution in [3.05, 3.63) is 101 Å².